The van der Waals surface area contributed by atoms with Crippen LogP contribution >= 0.6 is 0 Å². The maximum Gasteiger partial charge on any atom is 0.312 e. The van der Waals surface area contributed by atoms with Crippen molar-refractivity contribution in [1.82, 2.24) is 5.32 Å². The Bertz CT molecular complexity index is 728. The number of para-hydroxylation sites is 2. The lowest BCUT2D eigenvalue weighted by Crippen LogP contribution is -2.37. The number of urea groups is 1. The molecule has 0 saturated carbocycles. The van der Waals surface area contributed by atoms with Crippen molar-refractivity contribution in [2.75, 3.05) is 18.1 Å². The molecular formula is C17H17N3O3. The normalized spacial score (nSPS) is 13.0. The van der Waals surface area contributed by atoms with E-state index in [0.717, 1.165) is 17.0 Å². The SMILES string of the molecule is NC(=O)NCc1ccc(C(=O)N2CCOc3ccccc32)cc1. The molecule has 3 N–H and O–H groups in total. The van der Waals surface area contributed by atoms with Crippen LogP contribution in [0.5, 0.6) is 5.75 Å². The number of carbonyl (C=O) groups excluding carboxylic acids is 2. The van der Waals surface area contributed by atoms with E-state index in [4.69, 9.17) is 10.5 Å². The quantitative estimate of drug-likeness (QED) is 0.908. The number of hydrogen-bond donors (Lipinski definition) is 2. The molecule has 6 heteroatoms. The van der Waals surface area contributed by atoms with Crippen LogP contribution in [0.1, 0.15) is 15.9 Å². The fourth-order valence-electron chi connectivity index (χ4n) is 2.49. The molecule has 118 valence electrons. The first-order chi connectivity index (χ1) is 11.1. The van der Waals surface area contributed by atoms with Gasteiger partial charge in [-0.3, -0.25) is 4.79 Å². The number of carbonyl (C=O) groups is 2. The summed E-state index contributed by atoms with van der Waals surface area (Å²) in [4.78, 5) is 25.1. The van der Waals surface area contributed by atoms with E-state index in [0.29, 0.717) is 25.3 Å². The molecule has 0 atom stereocenters. The molecule has 1 heterocycles. The molecule has 6 nitrogen and oxygen atoms in total. The van der Waals surface area contributed by atoms with Gasteiger partial charge in [-0.25, -0.2) is 4.79 Å². The van der Waals surface area contributed by atoms with Crippen molar-refractivity contribution < 1.29 is 14.3 Å². The standard InChI is InChI=1S/C17H17N3O3/c18-17(22)19-11-12-5-7-13(8-6-12)16(21)20-9-10-23-15-4-2-1-3-14(15)20/h1-8H,9-11H2,(H3,18,19,22). The zero-order valence-electron chi connectivity index (χ0n) is 12.5. The van der Waals surface area contributed by atoms with Gasteiger partial charge in [0.15, 0.2) is 0 Å². The summed E-state index contributed by atoms with van der Waals surface area (Å²) < 4.78 is 5.57. The molecule has 0 bridgehead atoms. The highest BCUT2D eigenvalue weighted by Gasteiger charge is 2.24. The smallest absolute Gasteiger partial charge is 0.312 e. The van der Waals surface area contributed by atoms with Gasteiger partial charge in [0, 0.05) is 12.1 Å². The second-order valence-corrected chi connectivity index (χ2v) is 5.19. The first-order valence-electron chi connectivity index (χ1n) is 7.31. The van der Waals surface area contributed by atoms with E-state index in [-0.39, 0.29) is 5.91 Å². The topological polar surface area (TPSA) is 84.7 Å². The molecule has 23 heavy (non-hydrogen) atoms. The van der Waals surface area contributed by atoms with E-state index in [1.807, 2.05) is 24.3 Å². The van der Waals surface area contributed by atoms with Crippen LogP contribution in [0.3, 0.4) is 0 Å². The molecule has 2 aromatic rings. The van der Waals surface area contributed by atoms with Crippen LogP contribution in [0, 0.1) is 0 Å². The van der Waals surface area contributed by atoms with Crippen LogP contribution in [0.2, 0.25) is 0 Å². The summed E-state index contributed by atoms with van der Waals surface area (Å²) in [5, 5.41) is 2.51. The molecule has 0 aromatic heterocycles. The summed E-state index contributed by atoms with van der Waals surface area (Å²) in [6.45, 7) is 1.33. The fourth-order valence-corrected chi connectivity index (χ4v) is 2.49. The van der Waals surface area contributed by atoms with Crippen molar-refractivity contribution in [2.24, 2.45) is 5.73 Å². The Morgan fingerprint density at radius 2 is 1.87 bits per heavy atom. The van der Waals surface area contributed by atoms with Gasteiger partial charge in [-0.15, -0.1) is 0 Å². The first-order valence-corrected chi connectivity index (χ1v) is 7.31. The number of nitrogens with one attached hydrogen (secondary N) is 1. The minimum absolute atomic E-state index is 0.0739. The van der Waals surface area contributed by atoms with Gasteiger partial charge < -0.3 is 20.7 Å². The van der Waals surface area contributed by atoms with Gasteiger partial charge >= 0.3 is 6.03 Å². The Morgan fingerprint density at radius 3 is 2.61 bits per heavy atom. The molecule has 1 aliphatic rings. The number of fused-ring (bicyclic) bond motifs is 1. The predicted octanol–water partition coefficient (Wildman–Crippen LogP) is 1.89. The highest BCUT2D eigenvalue weighted by atomic mass is 16.5. The van der Waals surface area contributed by atoms with Crippen molar-refractivity contribution in [3.63, 3.8) is 0 Å². The average Bonchev–Trinajstić information content (AvgIpc) is 2.59. The number of amides is 3. The Morgan fingerprint density at radius 1 is 1.13 bits per heavy atom. The van der Waals surface area contributed by atoms with Gasteiger partial charge in [0.1, 0.15) is 12.4 Å². The molecule has 0 unspecified atom stereocenters. The highest BCUT2D eigenvalue weighted by Crippen LogP contribution is 2.31. The lowest BCUT2D eigenvalue weighted by molar-refractivity contribution is 0.0976. The number of primary amides is 1. The average molecular weight is 311 g/mol. The summed E-state index contributed by atoms with van der Waals surface area (Å²) in [6, 6.07) is 14.0. The molecule has 3 rings (SSSR count). The molecular weight excluding hydrogens is 294 g/mol. The number of hydrogen-bond acceptors (Lipinski definition) is 3. The highest BCUT2D eigenvalue weighted by molar-refractivity contribution is 6.07. The summed E-state index contributed by atoms with van der Waals surface area (Å²) in [7, 11) is 0. The third kappa shape index (κ3) is 3.26. The second kappa shape index (κ2) is 6.39. The lowest BCUT2D eigenvalue weighted by atomic mass is 10.1. The minimum atomic E-state index is -0.574. The van der Waals surface area contributed by atoms with E-state index >= 15 is 0 Å². The summed E-state index contributed by atoms with van der Waals surface area (Å²) in [5.74, 6) is 0.643. The third-order valence-corrected chi connectivity index (χ3v) is 3.64. The van der Waals surface area contributed by atoms with E-state index in [1.54, 1.807) is 29.2 Å². The number of benzene rings is 2. The number of anilines is 1. The molecule has 3 amide bonds. The van der Waals surface area contributed by atoms with Crippen molar-refractivity contribution in [3.8, 4) is 5.75 Å². The predicted molar refractivity (Wildman–Crippen MR) is 86.5 cm³/mol. The Labute approximate surface area is 133 Å². The molecule has 0 aliphatic carbocycles. The first kappa shape index (κ1) is 14.9. The maximum atomic E-state index is 12.7. The molecule has 0 fully saturated rings. The largest absolute Gasteiger partial charge is 0.490 e. The molecule has 0 radical (unpaired) electrons. The van der Waals surface area contributed by atoms with Crippen molar-refractivity contribution in [2.45, 2.75) is 6.54 Å². The van der Waals surface area contributed by atoms with E-state index < -0.39 is 6.03 Å². The van der Waals surface area contributed by atoms with Crippen LogP contribution in [-0.4, -0.2) is 25.1 Å². The lowest BCUT2D eigenvalue weighted by Gasteiger charge is -2.29. The Kier molecular flexibility index (Phi) is 4.14. The van der Waals surface area contributed by atoms with E-state index in [1.165, 1.54) is 0 Å². The van der Waals surface area contributed by atoms with Gasteiger partial charge in [-0.1, -0.05) is 24.3 Å². The Balaban J connectivity index is 1.77. The fraction of sp³-hybridized carbons (Fsp3) is 0.176. The zero-order valence-corrected chi connectivity index (χ0v) is 12.5. The molecule has 0 spiro atoms. The van der Waals surface area contributed by atoms with Crippen molar-refractivity contribution in [3.05, 3.63) is 59.7 Å². The summed E-state index contributed by atoms with van der Waals surface area (Å²) in [6.07, 6.45) is 0. The third-order valence-electron chi connectivity index (χ3n) is 3.64. The van der Waals surface area contributed by atoms with Gasteiger partial charge in [0.25, 0.3) is 5.91 Å². The maximum absolute atomic E-state index is 12.7. The van der Waals surface area contributed by atoms with E-state index in [9.17, 15) is 9.59 Å². The van der Waals surface area contributed by atoms with Crippen LogP contribution in [0.25, 0.3) is 0 Å². The monoisotopic (exact) mass is 311 g/mol. The molecule has 0 saturated heterocycles. The zero-order chi connectivity index (χ0) is 16.2. The van der Waals surface area contributed by atoms with Crippen LogP contribution in [-0.2, 0) is 6.54 Å². The summed E-state index contributed by atoms with van der Waals surface area (Å²) in [5.41, 5.74) is 7.28. The number of nitrogens with zero attached hydrogens (tertiary/aromatic N) is 1. The van der Waals surface area contributed by atoms with Gasteiger partial charge in [-0.05, 0) is 29.8 Å². The second-order valence-electron chi connectivity index (χ2n) is 5.19. The number of nitrogens with two attached hydrogens (primary N) is 1. The van der Waals surface area contributed by atoms with Gasteiger partial charge in [0.05, 0.1) is 12.2 Å². The molecule has 1 aliphatic heterocycles. The van der Waals surface area contributed by atoms with Crippen molar-refractivity contribution in [1.29, 1.82) is 0 Å². The van der Waals surface area contributed by atoms with Crippen LogP contribution in [0.15, 0.2) is 48.5 Å². The van der Waals surface area contributed by atoms with Crippen LogP contribution < -0.4 is 20.7 Å². The summed E-state index contributed by atoms with van der Waals surface area (Å²) >= 11 is 0. The van der Waals surface area contributed by atoms with Crippen LogP contribution in [0.4, 0.5) is 10.5 Å². The Hall–Kier alpha value is -3.02. The number of ether oxygens (including phenoxy) is 1. The van der Waals surface area contributed by atoms with Gasteiger partial charge in [-0.2, -0.15) is 0 Å². The molecule has 2 aromatic carbocycles. The van der Waals surface area contributed by atoms with Crippen molar-refractivity contribution >= 4 is 17.6 Å². The van der Waals surface area contributed by atoms with E-state index in [2.05, 4.69) is 5.32 Å². The number of rotatable bonds is 3. The minimum Gasteiger partial charge on any atom is -0.490 e. The van der Waals surface area contributed by atoms with Gasteiger partial charge in [0.2, 0.25) is 0 Å².